The van der Waals surface area contributed by atoms with E-state index < -0.39 is 0 Å². The highest BCUT2D eigenvalue weighted by molar-refractivity contribution is 5.27. The predicted molar refractivity (Wildman–Crippen MR) is 155 cm³/mol. The molecule has 0 spiro atoms. The van der Waals surface area contributed by atoms with E-state index in [0.717, 1.165) is 12.2 Å². The van der Waals surface area contributed by atoms with Crippen molar-refractivity contribution in [2.75, 3.05) is 99.1 Å². The fourth-order valence-electron chi connectivity index (χ4n) is 3.57. The molecule has 1 aromatic rings. The van der Waals surface area contributed by atoms with Gasteiger partial charge in [-0.3, -0.25) is 0 Å². The van der Waals surface area contributed by atoms with Crippen molar-refractivity contribution in [3.05, 3.63) is 42.5 Å². The van der Waals surface area contributed by atoms with Gasteiger partial charge in [0.15, 0.2) is 0 Å². The second-order valence-corrected chi connectivity index (χ2v) is 9.05. The minimum Gasteiger partial charge on any atom is -0.491 e. The van der Waals surface area contributed by atoms with Gasteiger partial charge < -0.3 is 37.9 Å². The van der Waals surface area contributed by atoms with Crippen LogP contribution in [0.3, 0.4) is 0 Å². The van der Waals surface area contributed by atoms with Gasteiger partial charge in [0.1, 0.15) is 12.4 Å². The minimum absolute atomic E-state index is 0.532. The molecule has 226 valence electrons. The van der Waals surface area contributed by atoms with Crippen molar-refractivity contribution in [3.63, 3.8) is 0 Å². The van der Waals surface area contributed by atoms with Crippen LogP contribution >= 0.6 is 0 Å². The second kappa shape index (κ2) is 29.5. The molecule has 0 aliphatic rings. The quantitative estimate of drug-likeness (QED) is 0.0908. The van der Waals surface area contributed by atoms with E-state index >= 15 is 0 Å². The molecule has 1 rings (SSSR count). The van der Waals surface area contributed by atoms with Crippen molar-refractivity contribution in [2.24, 2.45) is 0 Å². The number of hydrogen-bond acceptors (Lipinski definition) is 8. The molecule has 0 N–H and O–H groups in total. The summed E-state index contributed by atoms with van der Waals surface area (Å²) >= 11 is 0. The Balaban J connectivity index is 1.75. The summed E-state index contributed by atoms with van der Waals surface area (Å²) in [4.78, 5) is 0. The fraction of sp³-hybridized carbons (Fsp3) is 0.742. The predicted octanol–water partition coefficient (Wildman–Crippen LogP) is 5.27. The Morgan fingerprint density at radius 3 is 1.38 bits per heavy atom. The number of rotatable bonds is 31. The first kappa shape index (κ1) is 35.5. The summed E-state index contributed by atoms with van der Waals surface area (Å²) in [6.45, 7) is 14.0. The van der Waals surface area contributed by atoms with E-state index in [4.69, 9.17) is 37.9 Å². The van der Waals surface area contributed by atoms with E-state index in [0.29, 0.717) is 99.1 Å². The highest BCUT2D eigenvalue weighted by Gasteiger charge is 1.98. The molecule has 0 atom stereocenters. The van der Waals surface area contributed by atoms with E-state index in [-0.39, 0.29) is 0 Å². The largest absolute Gasteiger partial charge is 0.491 e. The van der Waals surface area contributed by atoms with Crippen LogP contribution in [0, 0.1) is 0 Å². The van der Waals surface area contributed by atoms with Crippen molar-refractivity contribution in [1.29, 1.82) is 0 Å². The Morgan fingerprint density at radius 2 is 0.923 bits per heavy atom. The van der Waals surface area contributed by atoms with Crippen molar-refractivity contribution in [1.82, 2.24) is 0 Å². The van der Waals surface area contributed by atoms with E-state index in [9.17, 15) is 0 Å². The van der Waals surface area contributed by atoms with Crippen molar-refractivity contribution in [2.45, 2.75) is 51.9 Å². The maximum atomic E-state index is 5.76. The lowest BCUT2D eigenvalue weighted by atomic mass is 10.0. The summed E-state index contributed by atoms with van der Waals surface area (Å²) in [6.07, 6.45) is 10.8. The van der Waals surface area contributed by atoms with Gasteiger partial charge in [-0.15, -0.1) is 6.58 Å². The molecule has 0 aromatic heterocycles. The van der Waals surface area contributed by atoms with Crippen molar-refractivity contribution < 1.29 is 37.9 Å². The molecule has 0 fully saturated rings. The van der Waals surface area contributed by atoms with Gasteiger partial charge in [-0.25, -0.2) is 0 Å². The first-order valence-corrected chi connectivity index (χ1v) is 14.7. The molecule has 39 heavy (non-hydrogen) atoms. The van der Waals surface area contributed by atoms with Gasteiger partial charge in [0.25, 0.3) is 0 Å². The summed E-state index contributed by atoms with van der Waals surface area (Å²) in [7, 11) is 0. The van der Waals surface area contributed by atoms with Crippen LogP contribution in [0.15, 0.2) is 36.9 Å². The van der Waals surface area contributed by atoms with Gasteiger partial charge in [-0.2, -0.15) is 0 Å². The first-order valence-electron chi connectivity index (χ1n) is 14.7. The molecule has 0 saturated heterocycles. The Kier molecular flexibility index (Phi) is 26.8. The molecular weight excluding hydrogens is 500 g/mol. The Labute approximate surface area is 237 Å². The lowest BCUT2D eigenvalue weighted by molar-refractivity contribution is -0.0205. The van der Waals surface area contributed by atoms with E-state index in [1.807, 2.05) is 0 Å². The maximum Gasteiger partial charge on any atom is 0.119 e. The second-order valence-electron chi connectivity index (χ2n) is 9.05. The molecule has 0 unspecified atom stereocenters. The number of benzene rings is 1. The monoisotopic (exact) mass is 554 g/mol. The van der Waals surface area contributed by atoms with Gasteiger partial charge in [0.2, 0.25) is 0 Å². The average Bonchev–Trinajstić information content (AvgIpc) is 2.96. The number of ether oxygens (including phenoxy) is 8. The third-order valence-electron chi connectivity index (χ3n) is 5.71. The Hall–Kier alpha value is -1.52. The van der Waals surface area contributed by atoms with Gasteiger partial charge in [-0.1, -0.05) is 57.2 Å². The highest BCUT2D eigenvalue weighted by atomic mass is 16.6. The van der Waals surface area contributed by atoms with Crippen LogP contribution in [-0.4, -0.2) is 99.1 Å². The molecule has 8 heteroatoms. The first-order chi connectivity index (χ1) is 19.4. The molecule has 0 aliphatic carbocycles. The number of aryl methyl sites for hydroxylation is 1. The maximum absolute atomic E-state index is 5.76. The molecule has 0 saturated carbocycles. The standard InChI is InChI=1S/C31H54O8/c1-3-5-6-7-8-9-10-30-11-13-31(14-12-30)39-29-28-38-27-26-37-25-24-36-23-22-35-21-20-34-19-18-33-17-16-32-15-4-2/h4,11-14H,2-3,5-10,15-29H2,1H3. The highest BCUT2D eigenvalue weighted by Crippen LogP contribution is 2.15. The van der Waals surface area contributed by atoms with Crippen LogP contribution in [0.4, 0.5) is 0 Å². The molecular formula is C31H54O8. The molecule has 0 aliphatic heterocycles. The molecule has 0 bridgehead atoms. The summed E-state index contributed by atoms with van der Waals surface area (Å²) in [5, 5.41) is 0. The lowest BCUT2D eigenvalue weighted by Gasteiger charge is -2.09. The zero-order valence-electron chi connectivity index (χ0n) is 24.4. The van der Waals surface area contributed by atoms with Crippen molar-refractivity contribution >= 4 is 0 Å². The summed E-state index contributed by atoms with van der Waals surface area (Å²) in [5.74, 6) is 0.891. The van der Waals surface area contributed by atoms with Crippen LogP contribution < -0.4 is 4.74 Å². The summed E-state index contributed by atoms with van der Waals surface area (Å²) < 4.78 is 43.8. The Bertz CT molecular complexity index is 626. The van der Waals surface area contributed by atoms with Gasteiger partial charge in [-0.05, 0) is 30.5 Å². The van der Waals surface area contributed by atoms with Crippen molar-refractivity contribution in [3.8, 4) is 5.75 Å². The molecule has 0 radical (unpaired) electrons. The topological polar surface area (TPSA) is 73.8 Å². The zero-order chi connectivity index (χ0) is 27.9. The molecule has 0 amide bonds. The van der Waals surface area contributed by atoms with Crippen LogP contribution in [0.25, 0.3) is 0 Å². The van der Waals surface area contributed by atoms with E-state index in [1.54, 1.807) is 6.08 Å². The third kappa shape index (κ3) is 25.2. The van der Waals surface area contributed by atoms with Crippen LogP contribution in [-0.2, 0) is 39.6 Å². The minimum atomic E-state index is 0.532. The normalized spacial score (nSPS) is 11.2. The smallest absolute Gasteiger partial charge is 0.119 e. The number of hydrogen-bond donors (Lipinski definition) is 0. The van der Waals surface area contributed by atoms with Gasteiger partial charge >= 0.3 is 0 Å². The molecule has 1 aromatic carbocycles. The number of unbranched alkanes of at least 4 members (excludes halogenated alkanes) is 5. The summed E-state index contributed by atoms with van der Waals surface area (Å²) in [6, 6.07) is 8.44. The third-order valence-corrected chi connectivity index (χ3v) is 5.71. The Morgan fingerprint density at radius 1 is 0.513 bits per heavy atom. The zero-order valence-corrected chi connectivity index (χ0v) is 24.4. The summed E-state index contributed by atoms with van der Waals surface area (Å²) in [5.41, 5.74) is 1.38. The SMILES string of the molecule is C=CCOCCOCCOCCOCCOCCOCCOCCOc1ccc(CCCCCCCC)cc1. The van der Waals surface area contributed by atoms with Crippen LogP contribution in [0.1, 0.15) is 51.0 Å². The van der Waals surface area contributed by atoms with E-state index in [2.05, 4.69) is 37.8 Å². The average molecular weight is 555 g/mol. The lowest BCUT2D eigenvalue weighted by Crippen LogP contribution is -2.15. The van der Waals surface area contributed by atoms with Crippen LogP contribution in [0.5, 0.6) is 5.75 Å². The van der Waals surface area contributed by atoms with E-state index in [1.165, 1.54) is 44.1 Å². The van der Waals surface area contributed by atoms with Gasteiger partial charge in [0.05, 0.1) is 92.5 Å². The molecule has 0 heterocycles. The van der Waals surface area contributed by atoms with Gasteiger partial charge in [0, 0.05) is 0 Å². The fourth-order valence-corrected chi connectivity index (χ4v) is 3.57. The van der Waals surface area contributed by atoms with Crippen LogP contribution in [0.2, 0.25) is 0 Å². The molecule has 8 nitrogen and oxygen atoms in total.